The Morgan fingerprint density at radius 2 is 1.38 bits per heavy atom. The third-order valence-electron chi connectivity index (χ3n) is 4.54. The van der Waals surface area contributed by atoms with Gasteiger partial charge in [0.1, 0.15) is 18.4 Å². The fraction of sp³-hybridized carbons (Fsp3) is 0.182. The van der Waals surface area contributed by atoms with Gasteiger partial charge >= 0.3 is 0 Å². The van der Waals surface area contributed by atoms with Crippen LogP contribution in [0.2, 0.25) is 0 Å². The van der Waals surface area contributed by atoms with Gasteiger partial charge in [0, 0.05) is 0 Å². The molecule has 4 rings (SSSR count). The number of hydrogen-bond acceptors (Lipinski definition) is 3. The summed E-state index contributed by atoms with van der Waals surface area (Å²) >= 11 is 0. The van der Waals surface area contributed by atoms with Crippen LogP contribution in [0.5, 0.6) is 0 Å². The summed E-state index contributed by atoms with van der Waals surface area (Å²) in [7, 11) is 0. The van der Waals surface area contributed by atoms with Crippen molar-refractivity contribution in [3.8, 4) is 0 Å². The summed E-state index contributed by atoms with van der Waals surface area (Å²) in [6.07, 6.45) is -0.154. The van der Waals surface area contributed by atoms with E-state index in [0.717, 1.165) is 22.2 Å². The maximum atomic E-state index is 6.31. The summed E-state index contributed by atoms with van der Waals surface area (Å²) in [4.78, 5) is 0. The van der Waals surface area contributed by atoms with Crippen molar-refractivity contribution in [2.45, 2.75) is 26.7 Å². The molecular weight excluding hydrogens is 322 g/mol. The van der Waals surface area contributed by atoms with Crippen molar-refractivity contribution in [2.24, 2.45) is 0 Å². The SMILES string of the molecule is Cc1ccc(C(OCn2nnc3ccccc32)c2ccc(C)cc2)cc1. The highest BCUT2D eigenvalue weighted by molar-refractivity contribution is 5.73. The van der Waals surface area contributed by atoms with Gasteiger partial charge in [-0.25, -0.2) is 4.68 Å². The van der Waals surface area contributed by atoms with E-state index in [-0.39, 0.29) is 6.10 Å². The number of rotatable bonds is 5. The molecule has 26 heavy (non-hydrogen) atoms. The molecule has 0 N–H and O–H groups in total. The number of para-hydroxylation sites is 1. The van der Waals surface area contributed by atoms with Crippen LogP contribution in [-0.2, 0) is 11.5 Å². The van der Waals surface area contributed by atoms with Gasteiger partial charge in [-0.3, -0.25) is 0 Å². The Hall–Kier alpha value is -2.98. The van der Waals surface area contributed by atoms with Crippen LogP contribution in [0.4, 0.5) is 0 Å². The summed E-state index contributed by atoms with van der Waals surface area (Å²) in [5.41, 5.74) is 6.57. The van der Waals surface area contributed by atoms with Gasteiger partial charge in [0.15, 0.2) is 0 Å². The summed E-state index contributed by atoms with van der Waals surface area (Å²) < 4.78 is 8.10. The normalized spacial score (nSPS) is 11.3. The Bertz CT molecular complexity index is 958. The van der Waals surface area contributed by atoms with Crippen molar-refractivity contribution in [1.82, 2.24) is 15.0 Å². The van der Waals surface area contributed by atoms with Crippen LogP contribution in [0, 0.1) is 13.8 Å². The summed E-state index contributed by atoms with van der Waals surface area (Å²) in [6, 6.07) is 24.9. The van der Waals surface area contributed by atoms with E-state index in [1.165, 1.54) is 11.1 Å². The molecule has 0 spiro atoms. The minimum absolute atomic E-state index is 0.154. The molecule has 0 aliphatic rings. The second-order valence-corrected chi connectivity index (χ2v) is 6.57. The van der Waals surface area contributed by atoms with E-state index < -0.39 is 0 Å². The largest absolute Gasteiger partial charge is 0.347 e. The van der Waals surface area contributed by atoms with E-state index >= 15 is 0 Å². The van der Waals surface area contributed by atoms with Gasteiger partial charge in [-0.2, -0.15) is 0 Å². The quantitative estimate of drug-likeness (QED) is 0.522. The molecule has 130 valence electrons. The summed E-state index contributed by atoms with van der Waals surface area (Å²) in [6.45, 7) is 4.52. The van der Waals surface area contributed by atoms with Crippen LogP contribution < -0.4 is 0 Å². The predicted octanol–water partition coefficient (Wildman–Crippen LogP) is 4.81. The number of nitrogens with zero attached hydrogens (tertiary/aromatic N) is 3. The monoisotopic (exact) mass is 343 g/mol. The van der Waals surface area contributed by atoms with Gasteiger partial charge in [0.2, 0.25) is 0 Å². The Morgan fingerprint density at radius 1 is 0.808 bits per heavy atom. The van der Waals surface area contributed by atoms with Crippen LogP contribution in [0.3, 0.4) is 0 Å². The van der Waals surface area contributed by atoms with Gasteiger partial charge < -0.3 is 4.74 Å². The maximum absolute atomic E-state index is 6.31. The van der Waals surface area contributed by atoms with Crippen molar-refractivity contribution >= 4 is 11.0 Å². The summed E-state index contributed by atoms with van der Waals surface area (Å²) in [5.74, 6) is 0. The lowest BCUT2D eigenvalue weighted by molar-refractivity contribution is 0.0238. The summed E-state index contributed by atoms with van der Waals surface area (Å²) in [5, 5.41) is 8.42. The van der Waals surface area contributed by atoms with Gasteiger partial charge in [0.25, 0.3) is 0 Å². The van der Waals surface area contributed by atoms with Crippen LogP contribution in [0.25, 0.3) is 11.0 Å². The molecule has 0 unspecified atom stereocenters. The first kappa shape index (κ1) is 16.5. The van der Waals surface area contributed by atoms with Gasteiger partial charge in [0.05, 0.1) is 5.52 Å². The topological polar surface area (TPSA) is 39.9 Å². The molecule has 0 amide bonds. The van der Waals surface area contributed by atoms with E-state index in [0.29, 0.717) is 6.73 Å². The molecule has 4 aromatic rings. The van der Waals surface area contributed by atoms with Crippen molar-refractivity contribution in [2.75, 3.05) is 0 Å². The zero-order valence-corrected chi connectivity index (χ0v) is 15.0. The molecule has 0 saturated heterocycles. The van der Waals surface area contributed by atoms with E-state index in [1.54, 1.807) is 4.68 Å². The fourth-order valence-corrected chi connectivity index (χ4v) is 3.03. The minimum atomic E-state index is -0.154. The molecule has 0 aliphatic heterocycles. The second-order valence-electron chi connectivity index (χ2n) is 6.57. The molecular formula is C22H21N3O. The average molecular weight is 343 g/mol. The minimum Gasteiger partial charge on any atom is -0.347 e. The molecule has 3 aromatic carbocycles. The highest BCUT2D eigenvalue weighted by Crippen LogP contribution is 2.27. The first-order valence-electron chi connectivity index (χ1n) is 8.74. The zero-order valence-electron chi connectivity index (χ0n) is 15.0. The lowest BCUT2D eigenvalue weighted by Crippen LogP contribution is -2.11. The van der Waals surface area contributed by atoms with Crippen LogP contribution in [-0.4, -0.2) is 15.0 Å². The van der Waals surface area contributed by atoms with Crippen molar-refractivity contribution in [3.63, 3.8) is 0 Å². The van der Waals surface area contributed by atoms with E-state index in [4.69, 9.17) is 4.74 Å². The van der Waals surface area contributed by atoms with Crippen molar-refractivity contribution in [1.29, 1.82) is 0 Å². The number of benzene rings is 3. The van der Waals surface area contributed by atoms with Gasteiger partial charge in [-0.15, -0.1) is 5.10 Å². The van der Waals surface area contributed by atoms with Gasteiger partial charge in [-0.05, 0) is 37.1 Å². The van der Waals surface area contributed by atoms with E-state index in [2.05, 4.69) is 72.7 Å². The molecule has 0 fully saturated rings. The van der Waals surface area contributed by atoms with E-state index in [1.807, 2.05) is 24.3 Å². The third kappa shape index (κ3) is 3.37. The average Bonchev–Trinajstić information content (AvgIpc) is 3.08. The molecule has 4 heteroatoms. The molecule has 1 heterocycles. The Balaban J connectivity index is 1.64. The third-order valence-corrected chi connectivity index (χ3v) is 4.54. The zero-order chi connectivity index (χ0) is 17.9. The Labute approximate surface area is 153 Å². The van der Waals surface area contributed by atoms with Gasteiger partial charge in [-0.1, -0.05) is 77.0 Å². The van der Waals surface area contributed by atoms with Crippen molar-refractivity contribution < 1.29 is 4.74 Å². The lowest BCUT2D eigenvalue weighted by Gasteiger charge is -2.19. The molecule has 0 bridgehead atoms. The fourth-order valence-electron chi connectivity index (χ4n) is 3.03. The van der Waals surface area contributed by atoms with E-state index in [9.17, 15) is 0 Å². The predicted molar refractivity (Wildman–Crippen MR) is 103 cm³/mol. The van der Waals surface area contributed by atoms with Crippen LogP contribution >= 0.6 is 0 Å². The molecule has 1 aromatic heterocycles. The Kier molecular flexibility index (Phi) is 4.50. The second kappa shape index (κ2) is 7.10. The molecule has 0 atom stereocenters. The first-order chi connectivity index (χ1) is 12.7. The number of aryl methyl sites for hydroxylation is 2. The van der Waals surface area contributed by atoms with Crippen LogP contribution in [0.15, 0.2) is 72.8 Å². The number of hydrogen-bond donors (Lipinski definition) is 0. The lowest BCUT2D eigenvalue weighted by atomic mass is 9.99. The smallest absolute Gasteiger partial charge is 0.143 e. The van der Waals surface area contributed by atoms with Crippen LogP contribution in [0.1, 0.15) is 28.4 Å². The first-order valence-corrected chi connectivity index (χ1v) is 8.74. The molecule has 0 saturated carbocycles. The number of aromatic nitrogens is 3. The standard InChI is InChI=1S/C22H21N3O/c1-16-7-11-18(12-8-16)22(19-13-9-17(2)10-14-19)26-15-25-21-6-4-3-5-20(21)23-24-25/h3-14,22H,15H2,1-2H3. The van der Waals surface area contributed by atoms with Crippen molar-refractivity contribution in [3.05, 3.63) is 95.1 Å². The number of ether oxygens (including phenoxy) is 1. The number of fused-ring (bicyclic) bond motifs is 1. The highest BCUT2D eigenvalue weighted by Gasteiger charge is 2.16. The molecule has 0 aliphatic carbocycles. The molecule has 0 radical (unpaired) electrons. The molecule has 4 nitrogen and oxygen atoms in total. The highest BCUT2D eigenvalue weighted by atomic mass is 16.5. The Morgan fingerprint density at radius 3 is 2.00 bits per heavy atom. The maximum Gasteiger partial charge on any atom is 0.143 e.